The number of furan rings is 1. The van der Waals surface area contributed by atoms with Crippen molar-refractivity contribution >= 4 is 99.2 Å². The number of fused-ring (bicyclic) bond motifs is 6. The highest BCUT2D eigenvalue weighted by molar-refractivity contribution is 7.25. The summed E-state index contributed by atoms with van der Waals surface area (Å²) in [5, 5.41) is 5.31. The molecule has 0 fully saturated rings. The van der Waals surface area contributed by atoms with E-state index in [2.05, 4.69) is 137 Å². The first-order valence-electron chi connectivity index (χ1n) is 15.5. The van der Waals surface area contributed by atoms with Gasteiger partial charge in [-0.05, 0) is 78.9 Å². The number of hydrogen-bond donors (Lipinski definition) is 0. The van der Waals surface area contributed by atoms with E-state index >= 15 is 0 Å². The van der Waals surface area contributed by atoms with Crippen molar-refractivity contribution < 1.29 is 4.42 Å². The minimum Gasteiger partial charge on any atom is -0.454 e. The third-order valence-electron chi connectivity index (χ3n) is 8.66. The second-order valence-electron chi connectivity index (χ2n) is 11.5. The average Bonchev–Trinajstić information content (AvgIpc) is 3.68. The van der Waals surface area contributed by atoms with E-state index in [9.17, 15) is 0 Å². The molecule has 0 N–H and O–H groups in total. The van der Waals surface area contributed by atoms with Crippen molar-refractivity contribution in [3.05, 3.63) is 169 Å². The van der Waals surface area contributed by atoms with Crippen LogP contribution in [0.4, 0.5) is 34.1 Å². The number of anilines is 6. The van der Waals surface area contributed by atoms with Crippen molar-refractivity contribution in [3.63, 3.8) is 0 Å². The maximum absolute atomic E-state index is 7.05. The second kappa shape index (κ2) is 11.4. The molecule has 0 atom stereocenters. The van der Waals surface area contributed by atoms with Crippen LogP contribution in [0.15, 0.2) is 168 Å². The first-order chi connectivity index (χ1) is 23.2. The average molecular weight is 643 g/mol. The van der Waals surface area contributed by atoms with Gasteiger partial charge in [0.25, 0.3) is 0 Å². The number of rotatable bonds is 6. The van der Waals surface area contributed by atoms with Crippen LogP contribution in [0, 0.1) is 0 Å². The Morgan fingerprint density at radius 2 is 1.04 bits per heavy atom. The zero-order valence-corrected chi connectivity index (χ0v) is 26.7. The summed E-state index contributed by atoms with van der Waals surface area (Å²) in [6, 6.07) is 57.0. The quantitative estimate of drug-likeness (QED) is 0.180. The fourth-order valence-corrected chi connectivity index (χ4v) is 7.92. The van der Waals surface area contributed by atoms with Gasteiger partial charge >= 0.3 is 0 Å². The summed E-state index contributed by atoms with van der Waals surface area (Å²) < 4.78 is 9.09. The molecule has 0 saturated carbocycles. The fraction of sp³-hybridized carbons (Fsp3) is 0. The molecule has 224 valence electrons. The summed E-state index contributed by atoms with van der Waals surface area (Å²) in [7, 11) is 0. The van der Waals surface area contributed by atoms with Gasteiger partial charge in [-0.2, -0.15) is 0 Å². The molecule has 0 aliphatic heterocycles. The van der Waals surface area contributed by atoms with Gasteiger partial charge in [-0.25, -0.2) is 0 Å². The molecule has 0 saturated heterocycles. The van der Waals surface area contributed by atoms with Gasteiger partial charge in [0, 0.05) is 64.4 Å². The summed E-state index contributed by atoms with van der Waals surface area (Å²) >= 11 is 8.88. The molecule has 0 aliphatic carbocycles. The van der Waals surface area contributed by atoms with Gasteiger partial charge in [-0.15, -0.1) is 11.3 Å². The van der Waals surface area contributed by atoms with Gasteiger partial charge in [0.15, 0.2) is 5.58 Å². The number of hydrogen-bond acceptors (Lipinski definition) is 4. The SMILES string of the molecule is Clc1cc(N(c2ccccc2)c2ccc3sc4ccccc4c3c2)cc(N(c2ccccc2)c2cccc3c2oc2ccccc23)c1. The van der Waals surface area contributed by atoms with E-state index in [1.165, 1.54) is 20.2 Å². The number of thiophene rings is 1. The van der Waals surface area contributed by atoms with E-state index in [0.29, 0.717) is 5.02 Å². The first kappa shape index (κ1) is 27.7. The van der Waals surface area contributed by atoms with Crippen LogP contribution in [0.1, 0.15) is 0 Å². The predicted octanol–water partition coefficient (Wildman–Crippen LogP) is 13.5. The molecule has 2 heterocycles. The molecule has 2 aromatic heterocycles. The molecule has 47 heavy (non-hydrogen) atoms. The van der Waals surface area contributed by atoms with E-state index in [1.807, 2.05) is 47.7 Å². The molecule has 3 nitrogen and oxygen atoms in total. The largest absolute Gasteiger partial charge is 0.454 e. The summed E-state index contributed by atoms with van der Waals surface area (Å²) in [6.45, 7) is 0. The summed E-state index contributed by atoms with van der Waals surface area (Å²) in [6.07, 6.45) is 0. The van der Waals surface area contributed by atoms with Crippen LogP contribution in [-0.2, 0) is 0 Å². The number of benzene rings is 7. The second-order valence-corrected chi connectivity index (χ2v) is 13.1. The number of nitrogens with zero attached hydrogens (tertiary/aromatic N) is 2. The fourth-order valence-electron chi connectivity index (χ4n) is 6.61. The van der Waals surface area contributed by atoms with Crippen molar-refractivity contribution in [1.82, 2.24) is 0 Å². The van der Waals surface area contributed by atoms with Crippen LogP contribution in [0.5, 0.6) is 0 Å². The molecule has 0 aliphatic rings. The lowest BCUT2D eigenvalue weighted by molar-refractivity contribution is 0.669. The molecule has 9 aromatic rings. The van der Waals surface area contributed by atoms with Crippen LogP contribution in [-0.4, -0.2) is 0 Å². The standard InChI is InChI=1S/C42H27ClN2OS/c43-28-24-32(44(29-12-3-1-4-13-29)31-22-23-41-37(27-31)35-17-8-10-21-40(35)47-41)26-33(25-28)45(30-14-5-2-6-15-30)38-19-11-18-36-34-16-7-9-20-39(34)46-42(36)38/h1-27H. The lowest BCUT2D eigenvalue weighted by Crippen LogP contribution is -2.13. The molecule has 0 unspecified atom stereocenters. The third-order valence-corrected chi connectivity index (χ3v) is 10.0. The highest BCUT2D eigenvalue weighted by atomic mass is 35.5. The molecular formula is C42H27ClN2OS. The Hall–Kier alpha value is -5.55. The minimum absolute atomic E-state index is 0.637. The van der Waals surface area contributed by atoms with E-state index < -0.39 is 0 Å². The number of para-hydroxylation sites is 4. The highest BCUT2D eigenvalue weighted by Gasteiger charge is 2.22. The van der Waals surface area contributed by atoms with E-state index in [4.69, 9.17) is 16.0 Å². The lowest BCUT2D eigenvalue weighted by atomic mass is 10.1. The van der Waals surface area contributed by atoms with E-state index in [-0.39, 0.29) is 0 Å². The zero-order valence-electron chi connectivity index (χ0n) is 25.2. The molecular weight excluding hydrogens is 616 g/mol. The zero-order chi connectivity index (χ0) is 31.3. The molecule has 0 spiro atoms. The smallest absolute Gasteiger partial charge is 0.159 e. The summed E-state index contributed by atoms with van der Waals surface area (Å²) in [5.41, 5.74) is 7.62. The Morgan fingerprint density at radius 3 is 1.83 bits per heavy atom. The Bertz CT molecular complexity index is 2560. The first-order valence-corrected chi connectivity index (χ1v) is 16.7. The van der Waals surface area contributed by atoms with Crippen LogP contribution in [0.2, 0.25) is 5.02 Å². The van der Waals surface area contributed by atoms with Gasteiger partial charge in [-0.1, -0.05) is 96.5 Å². The van der Waals surface area contributed by atoms with Crippen molar-refractivity contribution in [3.8, 4) is 0 Å². The predicted molar refractivity (Wildman–Crippen MR) is 201 cm³/mol. The highest BCUT2D eigenvalue weighted by Crippen LogP contribution is 2.46. The topological polar surface area (TPSA) is 19.6 Å². The van der Waals surface area contributed by atoms with Gasteiger partial charge in [0.05, 0.1) is 5.69 Å². The normalized spacial score (nSPS) is 11.5. The van der Waals surface area contributed by atoms with Crippen molar-refractivity contribution in [2.75, 3.05) is 9.80 Å². The van der Waals surface area contributed by atoms with Crippen molar-refractivity contribution in [1.29, 1.82) is 0 Å². The van der Waals surface area contributed by atoms with Gasteiger partial charge in [-0.3, -0.25) is 0 Å². The maximum Gasteiger partial charge on any atom is 0.159 e. The summed E-state index contributed by atoms with van der Waals surface area (Å²) in [4.78, 5) is 4.52. The maximum atomic E-state index is 7.05. The Balaban J connectivity index is 1.27. The molecule has 9 rings (SSSR count). The molecule has 7 aromatic carbocycles. The van der Waals surface area contributed by atoms with Gasteiger partial charge < -0.3 is 14.2 Å². The molecule has 5 heteroatoms. The van der Waals surface area contributed by atoms with E-state index in [0.717, 1.165) is 56.1 Å². The van der Waals surface area contributed by atoms with Crippen LogP contribution in [0.25, 0.3) is 42.1 Å². The van der Waals surface area contributed by atoms with Crippen molar-refractivity contribution in [2.24, 2.45) is 0 Å². The summed E-state index contributed by atoms with van der Waals surface area (Å²) in [5.74, 6) is 0. The van der Waals surface area contributed by atoms with Crippen LogP contribution in [0.3, 0.4) is 0 Å². The Morgan fingerprint density at radius 1 is 0.426 bits per heavy atom. The lowest BCUT2D eigenvalue weighted by Gasteiger charge is -2.29. The molecule has 0 radical (unpaired) electrons. The number of halogens is 1. The van der Waals surface area contributed by atoms with E-state index in [1.54, 1.807) is 0 Å². The van der Waals surface area contributed by atoms with Gasteiger partial charge in [0.1, 0.15) is 5.58 Å². The van der Waals surface area contributed by atoms with Crippen LogP contribution >= 0.6 is 22.9 Å². The molecule has 0 amide bonds. The Labute approximate surface area is 281 Å². The minimum atomic E-state index is 0.637. The third kappa shape index (κ3) is 4.81. The van der Waals surface area contributed by atoms with Crippen LogP contribution < -0.4 is 9.80 Å². The van der Waals surface area contributed by atoms with Gasteiger partial charge in [0.2, 0.25) is 0 Å². The molecule has 0 bridgehead atoms. The Kier molecular flexibility index (Phi) is 6.70. The monoisotopic (exact) mass is 642 g/mol. The van der Waals surface area contributed by atoms with Crippen molar-refractivity contribution in [2.45, 2.75) is 0 Å².